The summed E-state index contributed by atoms with van der Waals surface area (Å²) in [7, 11) is -4.81. The summed E-state index contributed by atoms with van der Waals surface area (Å²) in [6, 6.07) is 3.54. The van der Waals surface area contributed by atoms with Gasteiger partial charge in [-0.2, -0.15) is 0 Å². The van der Waals surface area contributed by atoms with Gasteiger partial charge in [-0.3, -0.25) is 4.21 Å². The molecule has 17 heavy (non-hydrogen) atoms. The number of sulfonamides is 1. The van der Waals surface area contributed by atoms with Crippen molar-refractivity contribution in [3.05, 3.63) is 28.5 Å². The van der Waals surface area contributed by atoms with Gasteiger partial charge in [0.1, 0.15) is 5.82 Å². The predicted octanol–water partition coefficient (Wildman–Crippen LogP) is 1.24. The van der Waals surface area contributed by atoms with Crippen molar-refractivity contribution in [2.45, 2.75) is 4.90 Å². The van der Waals surface area contributed by atoms with E-state index in [0.29, 0.717) is 0 Å². The van der Waals surface area contributed by atoms with Gasteiger partial charge >= 0.3 is 0 Å². The maximum atomic E-state index is 13.2. The van der Waals surface area contributed by atoms with Crippen LogP contribution in [-0.2, 0) is 20.8 Å². The lowest BCUT2D eigenvalue weighted by molar-refractivity contribution is 0.579. The lowest BCUT2D eigenvalue weighted by Gasteiger charge is -2.06. The zero-order valence-corrected chi connectivity index (χ0v) is 12.2. The zero-order chi connectivity index (χ0) is 13.1. The van der Waals surface area contributed by atoms with Crippen LogP contribution in [0.4, 0.5) is 4.39 Å². The van der Waals surface area contributed by atoms with E-state index >= 15 is 0 Å². The molecule has 0 heterocycles. The van der Waals surface area contributed by atoms with Crippen LogP contribution >= 0.6 is 15.9 Å². The molecule has 1 atom stereocenters. The SMILES string of the molecule is CS(=O)CCNS(=O)(=O)c1ccc(Br)c(F)c1. The van der Waals surface area contributed by atoms with Gasteiger partial charge in [-0.05, 0) is 34.1 Å². The summed E-state index contributed by atoms with van der Waals surface area (Å²) in [6.45, 7) is 0.0587. The summed E-state index contributed by atoms with van der Waals surface area (Å²) in [5.41, 5.74) is 0. The molecule has 1 unspecified atom stereocenters. The molecule has 0 aliphatic heterocycles. The summed E-state index contributed by atoms with van der Waals surface area (Å²) in [6.07, 6.45) is 1.48. The molecular formula is C9H11BrFNO3S2. The highest BCUT2D eigenvalue weighted by atomic mass is 79.9. The lowest BCUT2D eigenvalue weighted by atomic mass is 10.3. The second-order valence-corrected chi connectivity index (χ2v) is 7.43. The minimum absolute atomic E-state index is 0.0587. The van der Waals surface area contributed by atoms with Crippen molar-refractivity contribution in [1.82, 2.24) is 4.72 Å². The Hall–Kier alpha value is -0.310. The topological polar surface area (TPSA) is 63.2 Å². The molecule has 0 bridgehead atoms. The minimum Gasteiger partial charge on any atom is -0.260 e. The molecule has 0 aliphatic carbocycles. The highest BCUT2D eigenvalue weighted by Crippen LogP contribution is 2.19. The normalized spacial score (nSPS) is 13.6. The lowest BCUT2D eigenvalue weighted by Crippen LogP contribution is -2.27. The van der Waals surface area contributed by atoms with E-state index in [1.54, 1.807) is 0 Å². The Bertz CT molecular complexity index is 533. The van der Waals surface area contributed by atoms with Gasteiger partial charge in [0.15, 0.2) is 0 Å². The van der Waals surface area contributed by atoms with Gasteiger partial charge in [-0.25, -0.2) is 17.5 Å². The van der Waals surface area contributed by atoms with Gasteiger partial charge < -0.3 is 0 Å². The molecule has 0 aliphatic rings. The van der Waals surface area contributed by atoms with Gasteiger partial charge in [0.2, 0.25) is 10.0 Å². The Morgan fingerprint density at radius 3 is 2.65 bits per heavy atom. The van der Waals surface area contributed by atoms with Crippen LogP contribution in [0.2, 0.25) is 0 Å². The first-order valence-corrected chi connectivity index (χ1v) is 8.58. The van der Waals surface area contributed by atoms with E-state index in [9.17, 15) is 17.0 Å². The molecule has 1 aromatic rings. The van der Waals surface area contributed by atoms with Crippen molar-refractivity contribution in [2.24, 2.45) is 0 Å². The van der Waals surface area contributed by atoms with E-state index in [2.05, 4.69) is 20.7 Å². The molecule has 96 valence electrons. The van der Waals surface area contributed by atoms with E-state index in [-0.39, 0.29) is 21.7 Å². The molecule has 0 spiro atoms. The average Bonchev–Trinajstić information content (AvgIpc) is 2.21. The Kier molecular flexibility index (Phi) is 5.23. The van der Waals surface area contributed by atoms with Crippen molar-refractivity contribution >= 4 is 36.8 Å². The van der Waals surface area contributed by atoms with Crippen molar-refractivity contribution in [3.63, 3.8) is 0 Å². The summed E-state index contributed by atoms with van der Waals surface area (Å²) in [4.78, 5) is -0.153. The third-order valence-corrected chi connectivity index (χ3v) is 4.76. The van der Waals surface area contributed by atoms with Crippen LogP contribution in [-0.4, -0.2) is 31.2 Å². The predicted molar refractivity (Wildman–Crippen MR) is 68.2 cm³/mol. The second-order valence-electron chi connectivity index (χ2n) is 3.25. The van der Waals surface area contributed by atoms with Gasteiger partial charge in [-0.1, -0.05) is 0 Å². The maximum absolute atomic E-state index is 13.2. The van der Waals surface area contributed by atoms with Crippen LogP contribution in [0.5, 0.6) is 0 Å². The van der Waals surface area contributed by atoms with E-state index in [4.69, 9.17) is 0 Å². The number of halogens is 2. The molecule has 0 aromatic heterocycles. The average molecular weight is 344 g/mol. The van der Waals surface area contributed by atoms with Crippen LogP contribution in [0, 0.1) is 5.82 Å². The van der Waals surface area contributed by atoms with Crippen LogP contribution in [0.3, 0.4) is 0 Å². The fourth-order valence-corrected chi connectivity index (χ4v) is 2.86. The van der Waals surface area contributed by atoms with Gasteiger partial charge in [-0.15, -0.1) is 0 Å². The zero-order valence-electron chi connectivity index (χ0n) is 8.94. The molecule has 4 nitrogen and oxygen atoms in total. The number of hydrogen-bond donors (Lipinski definition) is 1. The van der Waals surface area contributed by atoms with Crippen molar-refractivity contribution in [3.8, 4) is 0 Å². The molecule has 0 fully saturated rings. The molecule has 1 aromatic carbocycles. The van der Waals surface area contributed by atoms with Crippen LogP contribution < -0.4 is 4.72 Å². The number of rotatable bonds is 5. The maximum Gasteiger partial charge on any atom is 0.240 e. The molecule has 0 saturated carbocycles. The van der Waals surface area contributed by atoms with Crippen molar-refractivity contribution < 1.29 is 17.0 Å². The molecule has 1 N–H and O–H groups in total. The Labute approximate surface area is 110 Å². The van der Waals surface area contributed by atoms with E-state index in [0.717, 1.165) is 6.07 Å². The van der Waals surface area contributed by atoms with Gasteiger partial charge in [0.05, 0.1) is 9.37 Å². The van der Waals surface area contributed by atoms with E-state index < -0.39 is 26.6 Å². The largest absolute Gasteiger partial charge is 0.260 e. The summed E-state index contributed by atoms with van der Waals surface area (Å²) >= 11 is 2.94. The van der Waals surface area contributed by atoms with Crippen LogP contribution in [0.15, 0.2) is 27.6 Å². The summed E-state index contributed by atoms with van der Waals surface area (Å²) in [5, 5.41) is 0. The highest BCUT2D eigenvalue weighted by Gasteiger charge is 2.15. The summed E-state index contributed by atoms with van der Waals surface area (Å²) in [5.74, 6) is -0.426. The van der Waals surface area contributed by atoms with Gasteiger partial charge in [0.25, 0.3) is 0 Å². The monoisotopic (exact) mass is 343 g/mol. The molecule has 1 rings (SSSR count). The Morgan fingerprint density at radius 2 is 2.12 bits per heavy atom. The molecular weight excluding hydrogens is 333 g/mol. The molecule has 0 amide bonds. The number of nitrogens with one attached hydrogen (secondary N) is 1. The Morgan fingerprint density at radius 1 is 1.47 bits per heavy atom. The van der Waals surface area contributed by atoms with E-state index in [1.165, 1.54) is 18.4 Å². The molecule has 8 heteroatoms. The first-order chi connectivity index (χ1) is 7.83. The Balaban J connectivity index is 2.82. The fraction of sp³-hybridized carbons (Fsp3) is 0.333. The first-order valence-electron chi connectivity index (χ1n) is 4.57. The summed E-state index contributed by atoms with van der Waals surface area (Å²) < 4.78 is 49.8. The van der Waals surface area contributed by atoms with Crippen molar-refractivity contribution in [2.75, 3.05) is 18.6 Å². The third kappa shape index (κ3) is 4.46. The van der Waals surface area contributed by atoms with Crippen LogP contribution in [0.1, 0.15) is 0 Å². The van der Waals surface area contributed by atoms with Crippen molar-refractivity contribution in [1.29, 1.82) is 0 Å². The number of benzene rings is 1. The highest BCUT2D eigenvalue weighted by molar-refractivity contribution is 9.10. The minimum atomic E-state index is -3.74. The van der Waals surface area contributed by atoms with Gasteiger partial charge in [0, 0.05) is 29.4 Å². The second kappa shape index (κ2) is 6.03. The van der Waals surface area contributed by atoms with E-state index in [1.807, 2.05) is 0 Å². The quantitative estimate of drug-likeness (QED) is 0.874. The molecule has 0 saturated heterocycles. The first kappa shape index (κ1) is 14.7. The smallest absolute Gasteiger partial charge is 0.240 e. The third-order valence-electron chi connectivity index (χ3n) is 1.88. The molecule has 0 radical (unpaired) electrons. The number of hydrogen-bond acceptors (Lipinski definition) is 3. The standard InChI is InChI=1S/C9H11BrFNO3S2/c1-16(13)5-4-12-17(14,15)7-2-3-8(10)9(11)6-7/h2-3,6,12H,4-5H2,1H3. The fourth-order valence-electron chi connectivity index (χ4n) is 1.05. The van der Waals surface area contributed by atoms with Crippen LogP contribution in [0.25, 0.3) is 0 Å².